The fourth-order valence-corrected chi connectivity index (χ4v) is 4.10. The molecule has 2 fully saturated rings. The van der Waals surface area contributed by atoms with Gasteiger partial charge in [0.15, 0.2) is 5.96 Å². The van der Waals surface area contributed by atoms with Gasteiger partial charge in [0.2, 0.25) is 0 Å². The summed E-state index contributed by atoms with van der Waals surface area (Å²) in [6, 6.07) is 0. The number of nitrogens with zero attached hydrogens (tertiary/aromatic N) is 3. The highest BCUT2D eigenvalue weighted by Crippen LogP contribution is 2.56. The molecular formula is C16H27IN4S. The van der Waals surface area contributed by atoms with E-state index in [1.165, 1.54) is 32.1 Å². The number of hydrogen-bond acceptors (Lipinski definition) is 3. The molecule has 0 aromatic carbocycles. The molecule has 4 nitrogen and oxygen atoms in total. The first-order valence-electron chi connectivity index (χ1n) is 7.96. The van der Waals surface area contributed by atoms with Crippen molar-refractivity contribution in [3.8, 4) is 0 Å². The molecule has 2 saturated carbocycles. The van der Waals surface area contributed by atoms with Gasteiger partial charge in [0, 0.05) is 26.0 Å². The quantitative estimate of drug-likeness (QED) is 0.437. The summed E-state index contributed by atoms with van der Waals surface area (Å²) in [5.41, 5.74) is 1.71. The lowest BCUT2D eigenvalue weighted by molar-refractivity contribution is 0.105. The van der Waals surface area contributed by atoms with Crippen LogP contribution in [0.3, 0.4) is 0 Å². The van der Waals surface area contributed by atoms with Crippen LogP contribution in [0, 0.1) is 18.3 Å². The SMILES string of the molecule is CN=C(NCC1(C2CC2)CCC1)N(C)Cc1csc(C)n1.I. The van der Waals surface area contributed by atoms with Crippen molar-refractivity contribution >= 4 is 41.3 Å². The Kier molecular flexibility index (Phi) is 6.10. The number of halogens is 1. The number of hydrogen-bond donors (Lipinski definition) is 1. The molecule has 0 unspecified atom stereocenters. The Morgan fingerprint density at radius 1 is 1.50 bits per heavy atom. The highest BCUT2D eigenvalue weighted by molar-refractivity contribution is 14.0. The van der Waals surface area contributed by atoms with Crippen molar-refractivity contribution in [1.29, 1.82) is 0 Å². The van der Waals surface area contributed by atoms with E-state index in [1.54, 1.807) is 11.3 Å². The summed E-state index contributed by atoms with van der Waals surface area (Å²) in [5, 5.41) is 6.88. The predicted octanol–water partition coefficient (Wildman–Crippen LogP) is 3.66. The molecule has 1 aromatic heterocycles. The molecule has 0 spiro atoms. The fraction of sp³-hybridized carbons (Fsp3) is 0.750. The van der Waals surface area contributed by atoms with Gasteiger partial charge in [-0.15, -0.1) is 35.3 Å². The van der Waals surface area contributed by atoms with Crippen molar-refractivity contribution in [2.45, 2.75) is 45.6 Å². The zero-order valence-corrected chi connectivity index (χ0v) is 16.9. The predicted molar refractivity (Wildman–Crippen MR) is 104 cm³/mol. The molecule has 0 radical (unpaired) electrons. The first kappa shape index (κ1) is 18.0. The molecule has 2 aliphatic carbocycles. The Labute approximate surface area is 154 Å². The van der Waals surface area contributed by atoms with Crippen LogP contribution in [0.15, 0.2) is 10.4 Å². The third kappa shape index (κ3) is 3.93. The van der Waals surface area contributed by atoms with Crippen LogP contribution in [-0.2, 0) is 6.54 Å². The molecule has 22 heavy (non-hydrogen) atoms. The Hall–Kier alpha value is -0.370. The maximum atomic E-state index is 4.54. The van der Waals surface area contributed by atoms with Gasteiger partial charge in [0.25, 0.3) is 0 Å². The number of aryl methyl sites for hydroxylation is 1. The van der Waals surface area contributed by atoms with Crippen LogP contribution in [0.1, 0.15) is 42.8 Å². The maximum absolute atomic E-state index is 4.54. The van der Waals surface area contributed by atoms with Gasteiger partial charge in [-0.05, 0) is 43.9 Å². The van der Waals surface area contributed by atoms with Gasteiger partial charge in [0.1, 0.15) is 0 Å². The highest BCUT2D eigenvalue weighted by Gasteiger charge is 2.48. The third-order valence-corrected chi connectivity index (χ3v) is 5.85. The van der Waals surface area contributed by atoms with Crippen molar-refractivity contribution in [1.82, 2.24) is 15.2 Å². The van der Waals surface area contributed by atoms with E-state index >= 15 is 0 Å². The van der Waals surface area contributed by atoms with Crippen LogP contribution in [0.25, 0.3) is 0 Å². The van der Waals surface area contributed by atoms with E-state index in [9.17, 15) is 0 Å². The Morgan fingerprint density at radius 2 is 2.23 bits per heavy atom. The molecule has 0 bridgehead atoms. The van der Waals surface area contributed by atoms with Crippen LogP contribution >= 0.6 is 35.3 Å². The largest absolute Gasteiger partial charge is 0.356 e. The smallest absolute Gasteiger partial charge is 0.193 e. The maximum Gasteiger partial charge on any atom is 0.193 e. The number of aliphatic imine (C=N–C) groups is 1. The molecule has 0 saturated heterocycles. The van der Waals surface area contributed by atoms with Gasteiger partial charge in [-0.3, -0.25) is 4.99 Å². The third-order valence-electron chi connectivity index (χ3n) is 5.03. The fourth-order valence-electron chi connectivity index (χ4n) is 3.49. The van der Waals surface area contributed by atoms with Crippen molar-refractivity contribution < 1.29 is 0 Å². The van der Waals surface area contributed by atoms with E-state index in [0.29, 0.717) is 5.41 Å². The molecule has 1 aromatic rings. The minimum absolute atomic E-state index is 0. The average Bonchev–Trinajstić information content (AvgIpc) is 3.17. The summed E-state index contributed by atoms with van der Waals surface area (Å²) in [7, 11) is 3.96. The van der Waals surface area contributed by atoms with Crippen LogP contribution in [0.5, 0.6) is 0 Å². The lowest BCUT2D eigenvalue weighted by Crippen LogP contribution is -2.47. The first-order valence-corrected chi connectivity index (χ1v) is 8.84. The number of thiazole rings is 1. The minimum atomic E-state index is 0. The van der Waals surface area contributed by atoms with E-state index in [0.717, 1.165) is 35.7 Å². The summed E-state index contributed by atoms with van der Waals surface area (Å²) in [5.74, 6) is 1.97. The number of guanidine groups is 1. The molecule has 2 aliphatic rings. The zero-order chi connectivity index (χ0) is 14.9. The van der Waals surface area contributed by atoms with Crippen molar-refractivity contribution in [2.75, 3.05) is 20.6 Å². The van der Waals surface area contributed by atoms with Gasteiger partial charge >= 0.3 is 0 Å². The van der Waals surface area contributed by atoms with E-state index in [4.69, 9.17) is 0 Å². The Morgan fingerprint density at radius 3 is 2.68 bits per heavy atom. The van der Waals surface area contributed by atoms with Crippen LogP contribution in [0.2, 0.25) is 0 Å². The molecule has 6 heteroatoms. The molecule has 3 rings (SSSR count). The normalized spacial score (nSPS) is 20.0. The van der Waals surface area contributed by atoms with Crippen LogP contribution < -0.4 is 5.32 Å². The summed E-state index contributed by atoms with van der Waals surface area (Å²) in [6.45, 7) is 3.96. The van der Waals surface area contributed by atoms with Gasteiger partial charge < -0.3 is 10.2 Å². The number of rotatable bonds is 5. The van der Waals surface area contributed by atoms with E-state index in [-0.39, 0.29) is 24.0 Å². The zero-order valence-electron chi connectivity index (χ0n) is 13.8. The number of nitrogens with one attached hydrogen (secondary N) is 1. The summed E-state index contributed by atoms with van der Waals surface area (Å²) in [4.78, 5) is 11.1. The second-order valence-electron chi connectivity index (χ2n) is 6.60. The molecular weight excluding hydrogens is 407 g/mol. The average molecular weight is 434 g/mol. The minimum Gasteiger partial charge on any atom is -0.356 e. The Bertz CT molecular complexity index is 520. The second kappa shape index (κ2) is 7.47. The molecule has 0 atom stereocenters. The topological polar surface area (TPSA) is 40.5 Å². The summed E-state index contributed by atoms with van der Waals surface area (Å²) < 4.78 is 0. The molecule has 124 valence electrons. The van der Waals surface area contributed by atoms with Gasteiger partial charge in [-0.25, -0.2) is 4.98 Å². The summed E-state index contributed by atoms with van der Waals surface area (Å²) in [6.07, 6.45) is 7.08. The molecule has 0 aliphatic heterocycles. The van der Waals surface area contributed by atoms with E-state index in [2.05, 4.69) is 39.5 Å². The Balaban J connectivity index is 0.00000176. The van der Waals surface area contributed by atoms with Crippen LogP contribution in [-0.4, -0.2) is 36.5 Å². The standard InChI is InChI=1S/C16H26N4S.HI/c1-12-19-14(10-21-12)9-20(3)15(17-2)18-11-16(7-4-8-16)13-5-6-13;/h10,13H,4-9,11H2,1-3H3,(H,17,18);1H. The van der Waals surface area contributed by atoms with Crippen molar-refractivity contribution in [3.05, 3.63) is 16.1 Å². The van der Waals surface area contributed by atoms with Crippen molar-refractivity contribution in [2.24, 2.45) is 16.3 Å². The monoisotopic (exact) mass is 434 g/mol. The second-order valence-corrected chi connectivity index (χ2v) is 7.67. The lowest BCUT2D eigenvalue weighted by Gasteiger charge is -2.43. The summed E-state index contributed by atoms with van der Waals surface area (Å²) >= 11 is 1.71. The lowest BCUT2D eigenvalue weighted by atomic mass is 9.65. The van der Waals surface area contributed by atoms with Crippen molar-refractivity contribution in [3.63, 3.8) is 0 Å². The highest BCUT2D eigenvalue weighted by atomic mass is 127. The van der Waals surface area contributed by atoms with Gasteiger partial charge in [-0.1, -0.05) is 6.42 Å². The molecule has 1 heterocycles. The number of aromatic nitrogens is 1. The van der Waals surface area contributed by atoms with Gasteiger partial charge in [0.05, 0.1) is 17.2 Å². The first-order chi connectivity index (χ1) is 10.1. The van der Waals surface area contributed by atoms with Crippen LogP contribution in [0.4, 0.5) is 0 Å². The molecule has 0 amide bonds. The van der Waals surface area contributed by atoms with Gasteiger partial charge in [-0.2, -0.15) is 0 Å². The van der Waals surface area contributed by atoms with E-state index in [1.807, 2.05) is 7.05 Å². The molecule has 1 N–H and O–H groups in total. The van der Waals surface area contributed by atoms with E-state index < -0.39 is 0 Å².